The van der Waals surface area contributed by atoms with Gasteiger partial charge in [0, 0.05) is 5.69 Å². The predicted octanol–water partition coefficient (Wildman–Crippen LogP) is 5.72. The van der Waals surface area contributed by atoms with Gasteiger partial charge in [-0.3, -0.25) is 14.5 Å². The lowest BCUT2D eigenvalue weighted by Gasteiger charge is -2.26. The predicted molar refractivity (Wildman–Crippen MR) is 129 cm³/mol. The Labute approximate surface area is 191 Å². The van der Waals surface area contributed by atoms with Crippen molar-refractivity contribution in [2.24, 2.45) is 0 Å². The second-order valence-electron chi connectivity index (χ2n) is 8.26. The number of ether oxygens (including phenoxy) is 1. The lowest BCUT2D eigenvalue weighted by molar-refractivity contribution is 0.0971. The van der Waals surface area contributed by atoms with E-state index in [0.29, 0.717) is 34.6 Å². The molecular formula is C28H23NO4. The van der Waals surface area contributed by atoms with Gasteiger partial charge in [0.05, 0.1) is 17.0 Å². The van der Waals surface area contributed by atoms with E-state index in [4.69, 9.17) is 9.15 Å². The number of carbonyl (C=O) groups is 1. The Morgan fingerprint density at radius 2 is 1.79 bits per heavy atom. The highest BCUT2D eigenvalue weighted by molar-refractivity contribution is 6.10. The largest absolute Gasteiger partial charge is 0.490 e. The fourth-order valence-electron chi connectivity index (χ4n) is 4.38. The summed E-state index contributed by atoms with van der Waals surface area (Å²) in [6.45, 7) is 7.94. The highest BCUT2D eigenvalue weighted by atomic mass is 16.5. The number of carbonyl (C=O) groups excluding carboxylic acids is 1. The molecule has 0 N–H and O–H groups in total. The molecule has 33 heavy (non-hydrogen) atoms. The Kier molecular flexibility index (Phi) is 5.09. The zero-order valence-corrected chi connectivity index (χ0v) is 18.5. The average Bonchev–Trinajstić information content (AvgIpc) is 3.11. The van der Waals surface area contributed by atoms with Crippen molar-refractivity contribution >= 4 is 22.6 Å². The minimum Gasteiger partial charge on any atom is -0.490 e. The molecule has 5 rings (SSSR count). The minimum atomic E-state index is -0.636. The summed E-state index contributed by atoms with van der Waals surface area (Å²) in [7, 11) is 0. The van der Waals surface area contributed by atoms with Crippen LogP contribution in [0.1, 0.15) is 38.9 Å². The summed E-state index contributed by atoms with van der Waals surface area (Å²) in [4.78, 5) is 29.0. The zero-order chi connectivity index (χ0) is 23.1. The molecule has 1 aliphatic rings. The summed E-state index contributed by atoms with van der Waals surface area (Å²) in [5.41, 5.74) is 3.99. The van der Waals surface area contributed by atoms with Crippen LogP contribution in [0.3, 0.4) is 0 Å². The maximum absolute atomic E-state index is 13.7. The highest BCUT2D eigenvalue weighted by Crippen LogP contribution is 2.42. The van der Waals surface area contributed by atoms with Crippen molar-refractivity contribution in [2.75, 3.05) is 11.5 Å². The van der Waals surface area contributed by atoms with E-state index in [2.05, 4.69) is 6.58 Å². The van der Waals surface area contributed by atoms with Gasteiger partial charge in [-0.1, -0.05) is 48.6 Å². The van der Waals surface area contributed by atoms with Gasteiger partial charge < -0.3 is 9.15 Å². The van der Waals surface area contributed by atoms with Crippen LogP contribution in [0.5, 0.6) is 5.75 Å². The van der Waals surface area contributed by atoms with Gasteiger partial charge in [-0.05, 0) is 61.4 Å². The fraction of sp³-hybridized carbons (Fsp3) is 0.143. The second kappa shape index (κ2) is 8.10. The molecular weight excluding hydrogens is 414 g/mol. The third-order valence-corrected chi connectivity index (χ3v) is 5.85. The first-order valence-electron chi connectivity index (χ1n) is 10.8. The second-order valence-corrected chi connectivity index (χ2v) is 8.26. The number of anilines is 1. The van der Waals surface area contributed by atoms with Crippen LogP contribution in [-0.4, -0.2) is 12.5 Å². The molecule has 2 heterocycles. The van der Waals surface area contributed by atoms with Gasteiger partial charge in [0.1, 0.15) is 17.9 Å². The van der Waals surface area contributed by atoms with Gasteiger partial charge in [-0.2, -0.15) is 0 Å². The van der Waals surface area contributed by atoms with Crippen molar-refractivity contribution in [1.82, 2.24) is 0 Å². The Bertz CT molecular complexity index is 1470. The number of rotatable bonds is 5. The SMILES string of the molecule is C=CCOc1cccc(C2c3c(oc4ccc(C)cc4c3=O)C(=O)N2c2cccc(C)c2)c1. The summed E-state index contributed by atoms with van der Waals surface area (Å²) < 4.78 is 11.8. The van der Waals surface area contributed by atoms with Crippen LogP contribution in [0.4, 0.5) is 5.69 Å². The number of fused-ring (bicyclic) bond motifs is 2. The molecule has 0 fully saturated rings. The van der Waals surface area contributed by atoms with Gasteiger partial charge in [0.15, 0.2) is 5.43 Å². The Morgan fingerprint density at radius 3 is 2.58 bits per heavy atom. The summed E-state index contributed by atoms with van der Waals surface area (Å²) in [6, 6.07) is 19.9. The Morgan fingerprint density at radius 1 is 1.00 bits per heavy atom. The maximum atomic E-state index is 13.7. The van der Waals surface area contributed by atoms with Gasteiger partial charge in [0.25, 0.3) is 5.91 Å². The van der Waals surface area contributed by atoms with Crippen LogP contribution in [-0.2, 0) is 0 Å². The van der Waals surface area contributed by atoms with Crippen molar-refractivity contribution < 1.29 is 13.9 Å². The monoisotopic (exact) mass is 437 g/mol. The lowest BCUT2D eigenvalue weighted by atomic mass is 9.97. The normalized spacial score (nSPS) is 15.0. The van der Waals surface area contributed by atoms with Crippen LogP contribution in [0.2, 0.25) is 0 Å². The molecule has 1 aliphatic heterocycles. The molecule has 5 heteroatoms. The molecule has 1 aromatic heterocycles. The molecule has 0 aliphatic carbocycles. The van der Waals surface area contributed by atoms with E-state index >= 15 is 0 Å². The number of hydrogen-bond acceptors (Lipinski definition) is 4. The van der Waals surface area contributed by atoms with Crippen molar-refractivity contribution in [3.05, 3.63) is 118 Å². The van der Waals surface area contributed by atoms with Crippen LogP contribution in [0, 0.1) is 13.8 Å². The minimum absolute atomic E-state index is 0.0836. The van der Waals surface area contributed by atoms with Crippen molar-refractivity contribution in [3.8, 4) is 5.75 Å². The summed E-state index contributed by atoms with van der Waals surface area (Å²) in [5, 5.41) is 0.469. The molecule has 4 aromatic rings. The summed E-state index contributed by atoms with van der Waals surface area (Å²) in [5.74, 6) is 0.386. The number of hydrogen-bond donors (Lipinski definition) is 0. The number of benzene rings is 3. The Hall–Kier alpha value is -4.12. The standard InChI is InChI=1S/C28H23NO4/c1-4-13-32-21-10-6-8-19(16-21)25-24-26(30)22-15-18(3)11-12-23(22)33-27(24)28(31)29(25)20-9-5-7-17(2)14-20/h4-12,14-16,25H,1,13H2,2-3H3. The Balaban J connectivity index is 1.78. The first-order chi connectivity index (χ1) is 16.0. The van der Waals surface area contributed by atoms with Crippen LogP contribution < -0.4 is 15.1 Å². The van der Waals surface area contributed by atoms with E-state index in [1.54, 1.807) is 17.0 Å². The molecule has 3 aromatic carbocycles. The molecule has 1 amide bonds. The van der Waals surface area contributed by atoms with Gasteiger partial charge in [-0.25, -0.2) is 0 Å². The molecule has 0 saturated carbocycles. The maximum Gasteiger partial charge on any atom is 0.295 e. The first kappa shape index (κ1) is 20.8. The van der Waals surface area contributed by atoms with Crippen LogP contribution in [0.25, 0.3) is 11.0 Å². The third kappa shape index (κ3) is 3.52. The smallest absolute Gasteiger partial charge is 0.295 e. The van der Waals surface area contributed by atoms with Crippen molar-refractivity contribution in [2.45, 2.75) is 19.9 Å². The number of amides is 1. The lowest BCUT2D eigenvalue weighted by Crippen LogP contribution is -2.29. The van der Waals surface area contributed by atoms with Gasteiger partial charge in [-0.15, -0.1) is 0 Å². The van der Waals surface area contributed by atoms with Gasteiger partial charge >= 0.3 is 0 Å². The molecule has 5 nitrogen and oxygen atoms in total. The van der Waals surface area contributed by atoms with E-state index in [1.807, 2.05) is 74.5 Å². The van der Waals surface area contributed by atoms with Crippen molar-refractivity contribution in [3.63, 3.8) is 0 Å². The molecule has 1 atom stereocenters. The van der Waals surface area contributed by atoms with Crippen LogP contribution in [0.15, 0.2) is 88.6 Å². The average molecular weight is 437 g/mol. The molecule has 164 valence electrons. The first-order valence-corrected chi connectivity index (χ1v) is 10.8. The van der Waals surface area contributed by atoms with E-state index in [1.165, 1.54) is 0 Å². The quantitative estimate of drug-likeness (QED) is 0.375. The fourth-order valence-corrected chi connectivity index (χ4v) is 4.38. The molecule has 1 unspecified atom stereocenters. The van der Waals surface area contributed by atoms with Gasteiger partial charge in [0.2, 0.25) is 5.76 Å². The summed E-state index contributed by atoms with van der Waals surface area (Å²) >= 11 is 0. The van der Waals surface area contributed by atoms with E-state index < -0.39 is 6.04 Å². The van der Waals surface area contributed by atoms with Crippen molar-refractivity contribution in [1.29, 1.82) is 0 Å². The zero-order valence-electron chi connectivity index (χ0n) is 18.5. The number of nitrogens with zero attached hydrogens (tertiary/aromatic N) is 1. The molecule has 0 saturated heterocycles. The number of aryl methyl sites for hydroxylation is 2. The molecule has 0 spiro atoms. The highest BCUT2D eigenvalue weighted by Gasteiger charge is 2.43. The molecule has 0 bridgehead atoms. The topological polar surface area (TPSA) is 59.8 Å². The van der Waals surface area contributed by atoms with E-state index in [0.717, 1.165) is 16.7 Å². The summed E-state index contributed by atoms with van der Waals surface area (Å²) in [6.07, 6.45) is 1.67. The third-order valence-electron chi connectivity index (χ3n) is 5.85. The van der Waals surface area contributed by atoms with E-state index in [-0.39, 0.29) is 17.1 Å². The molecule has 0 radical (unpaired) electrons. The van der Waals surface area contributed by atoms with E-state index in [9.17, 15) is 9.59 Å². The van der Waals surface area contributed by atoms with Crippen LogP contribution >= 0.6 is 0 Å².